The third kappa shape index (κ3) is 4.36. The van der Waals surface area contributed by atoms with E-state index < -0.39 is 58.5 Å². The summed E-state index contributed by atoms with van der Waals surface area (Å²) in [6.07, 6.45) is 4.14. The van der Waals surface area contributed by atoms with Crippen molar-refractivity contribution in [2.75, 3.05) is 58.9 Å². The number of aromatic nitrogens is 1. The molecule has 3 aromatic rings. The molecule has 3 fully saturated rings. The van der Waals surface area contributed by atoms with E-state index in [1.165, 1.54) is 21.1 Å². The zero-order valence-corrected chi connectivity index (χ0v) is 31.6. The zero-order valence-electron chi connectivity index (χ0n) is 31.6. The molecular formula is C42H50N4O8. The molecule has 11 unspecified atom stereocenters. The summed E-state index contributed by atoms with van der Waals surface area (Å²) in [7, 11) is 4.57. The van der Waals surface area contributed by atoms with Crippen LogP contribution in [0.25, 0.3) is 10.9 Å². The highest BCUT2D eigenvalue weighted by Crippen LogP contribution is 2.64. The highest BCUT2D eigenvalue weighted by Gasteiger charge is 2.76. The lowest BCUT2D eigenvalue weighted by molar-refractivity contribution is -0.211. The molecule has 12 nitrogen and oxygen atoms in total. The second-order valence-electron chi connectivity index (χ2n) is 16.4. The van der Waals surface area contributed by atoms with Gasteiger partial charge in [0.25, 0.3) is 0 Å². The molecule has 6 heterocycles. The van der Waals surface area contributed by atoms with E-state index in [0.717, 1.165) is 45.5 Å². The van der Waals surface area contributed by atoms with E-state index in [-0.39, 0.29) is 17.9 Å². The van der Waals surface area contributed by atoms with Gasteiger partial charge < -0.3 is 39.2 Å². The lowest BCUT2D eigenvalue weighted by Gasteiger charge is -2.58. The van der Waals surface area contributed by atoms with Gasteiger partial charge in [-0.25, -0.2) is 4.79 Å². The van der Waals surface area contributed by atoms with E-state index in [1.54, 1.807) is 0 Å². The second-order valence-corrected chi connectivity index (χ2v) is 16.4. The largest absolute Gasteiger partial charge is 0.468 e. The van der Waals surface area contributed by atoms with Crippen molar-refractivity contribution in [3.05, 3.63) is 77.0 Å². The maximum Gasteiger partial charge on any atom is 0.344 e. The average molecular weight is 739 g/mol. The van der Waals surface area contributed by atoms with E-state index in [9.17, 15) is 19.8 Å². The van der Waals surface area contributed by atoms with Gasteiger partial charge in [-0.3, -0.25) is 14.5 Å². The number of fused-ring (bicyclic) bond motifs is 6. The van der Waals surface area contributed by atoms with Crippen LogP contribution in [0.2, 0.25) is 0 Å². The van der Waals surface area contributed by atoms with Gasteiger partial charge in [0.2, 0.25) is 5.60 Å². The number of likely N-dealkylation sites (N-methyl/N-ethyl adjacent to an activating group) is 1. The molecule has 54 heavy (non-hydrogen) atoms. The highest BCUT2D eigenvalue weighted by atomic mass is 16.6. The Morgan fingerprint density at radius 2 is 1.81 bits per heavy atom. The maximum absolute atomic E-state index is 15.2. The molecule has 12 heteroatoms. The summed E-state index contributed by atoms with van der Waals surface area (Å²) in [6, 6.07) is 13.2. The van der Waals surface area contributed by atoms with E-state index >= 15 is 4.79 Å². The maximum atomic E-state index is 15.2. The Kier molecular flexibility index (Phi) is 8.14. The van der Waals surface area contributed by atoms with Crippen LogP contribution in [-0.2, 0) is 45.8 Å². The van der Waals surface area contributed by atoms with Gasteiger partial charge in [0.1, 0.15) is 5.41 Å². The minimum absolute atomic E-state index is 0.210. The number of methoxy groups -OCH3 is 2. The number of nitrogens with one attached hydrogen (secondary N) is 1. The highest BCUT2D eigenvalue weighted by molar-refractivity contribution is 5.94. The second kappa shape index (κ2) is 12.4. The Morgan fingerprint density at radius 3 is 2.56 bits per heavy atom. The fraction of sp³-hybridized carbons (Fsp3) is 0.548. The predicted octanol–water partition coefficient (Wildman–Crippen LogP) is 2.67. The third-order valence-electron chi connectivity index (χ3n) is 14.3. The number of rotatable bonds is 5. The number of benzene rings is 2. The van der Waals surface area contributed by atoms with Gasteiger partial charge >= 0.3 is 17.9 Å². The van der Waals surface area contributed by atoms with Crippen molar-refractivity contribution in [2.45, 2.75) is 73.8 Å². The van der Waals surface area contributed by atoms with E-state index in [4.69, 9.17) is 14.2 Å². The van der Waals surface area contributed by atoms with Crippen LogP contribution in [0, 0.1) is 17.8 Å². The molecule has 0 radical (unpaired) electrons. The summed E-state index contributed by atoms with van der Waals surface area (Å²) in [6.45, 7) is 6.63. The van der Waals surface area contributed by atoms with Gasteiger partial charge in [0, 0.05) is 85.7 Å². The van der Waals surface area contributed by atoms with Crippen molar-refractivity contribution < 1.29 is 38.8 Å². The monoisotopic (exact) mass is 738 g/mol. The van der Waals surface area contributed by atoms with Crippen LogP contribution in [0.15, 0.2) is 54.6 Å². The molecule has 9 rings (SSSR count). The normalized spacial score (nSPS) is 37.7. The molecule has 3 N–H and O–H groups in total. The lowest BCUT2D eigenvalue weighted by atomic mass is 9.53. The summed E-state index contributed by atoms with van der Waals surface area (Å²) in [5.41, 5.74) is 0.904. The fourth-order valence-corrected chi connectivity index (χ4v) is 12.5. The van der Waals surface area contributed by atoms with Crippen molar-refractivity contribution in [1.29, 1.82) is 0 Å². The Morgan fingerprint density at radius 1 is 1.04 bits per heavy atom. The Labute approximate surface area is 315 Å². The molecule has 1 spiro atoms. The molecule has 286 valence electrons. The van der Waals surface area contributed by atoms with Crippen molar-refractivity contribution in [2.24, 2.45) is 17.8 Å². The number of hydrogen-bond donors (Lipinski definition) is 3. The number of para-hydroxylation sites is 1. The SMILES string of the molecule is CCC1C(O)CN2CCc3c([nH]c4ccccc34)C(C(=O)OC)(c3ccc4c(c3)C35CCN6CC=CC(C(OC(C)=O)C(O)(C(=O)OC)C3N4C)C65)C1C2. The first-order valence-electron chi connectivity index (χ1n) is 19.3. The van der Waals surface area contributed by atoms with Crippen molar-refractivity contribution >= 4 is 34.5 Å². The van der Waals surface area contributed by atoms with E-state index in [0.29, 0.717) is 45.4 Å². The first kappa shape index (κ1) is 35.5. The molecule has 1 saturated carbocycles. The van der Waals surface area contributed by atoms with E-state index in [1.807, 2.05) is 54.4 Å². The average Bonchev–Trinajstić information content (AvgIpc) is 3.82. The number of anilines is 1. The van der Waals surface area contributed by atoms with Crippen LogP contribution < -0.4 is 4.90 Å². The van der Waals surface area contributed by atoms with Crippen LogP contribution in [0.1, 0.15) is 49.1 Å². The first-order chi connectivity index (χ1) is 26.0. The summed E-state index contributed by atoms with van der Waals surface area (Å²) >= 11 is 0. The summed E-state index contributed by atoms with van der Waals surface area (Å²) < 4.78 is 17.2. The molecule has 0 amide bonds. The van der Waals surface area contributed by atoms with Gasteiger partial charge in [0.05, 0.1) is 26.4 Å². The van der Waals surface area contributed by atoms with Crippen LogP contribution in [0.5, 0.6) is 0 Å². The fourth-order valence-electron chi connectivity index (χ4n) is 12.5. The number of H-pyrrole nitrogens is 1. The quantitative estimate of drug-likeness (QED) is 0.202. The molecule has 11 atom stereocenters. The van der Waals surface area contributed by atoms with Gasteiger partial charge in [-0.1, -0.05) is 55.8 Å². The Balaban J connectivity index is 1.34. The van der Waals surface area contributed by atoms with Crippen molar-refractivity contribution in [1.82, 2.24) is 14.8 Å². The summed E-state index contributed by atoms with van der Waals surface area (Å²) in [5, 5.41) is 25.8. The minimum atomic E-state index is -2.22. The number of ether oxygens (including phenoxy) is 3. The number of carbonyl (C=O) groups excluding carboxylic acids is 3. The Hall–Kier alpha value is -4.23. The van der Waals surface area contributed by atoms with Crippen LogP contribution >= 0.6 is 0 Å². The summed E-state index contributed by atoms with van der Waals surface area (Å²) in [5.74, 6) is -2.93. The standard InChI is InChI=1S/C42H50N4O8/c1-6-25-30-21-45(22-33(25)48)18-15-27-26-10-7-8-12-31(26)43-34(27)41(30,38(49)52-4)24-13-14-32-29(20-24)40-16-19-46-17-9-11-28(35(40)46)36(54-23(2)47)42(51,39(50)53-5)37(40)44(32)3/h7-14,20,25,28,30,33,35-37,43,48,51H,6,15-19,21-22H2,1-5H3. The number of aromatic amines is 1. The summed E-state index contributed by atoms with van der Waals surface area (Å²) in [4.78, 5) is 52.2. The topological polar surface area (TPSA) is 145 Å². The molecule has 1 aromatic heterocycles. The molecule has 2 aromatic carbocycles. The number of nitrogens with zero attached hydrogens (tertiary/aromatic N) is 3. The van der Waals surface area contributed by atoms with Crippen LogP contribution in [0.3, 0.4) is 0 Å². The molecule has 1 aliphatic carbocycles. The number of aliphatic hydroxyl groups excluding tert-OH is 1. The first-order valence-corrected chi connectivity index (χ1v) is 19.3. The third-order valence-corrected chi connectivity index (χ3v) is 14.3. The number of carbonyl (C=O) groups is 3. The zero-order chi connectivity index (χ0) is 37.9. The number of aliphatic hydroxyl groups is 2. The molecule has 6 aliphatic rings. The lowest BCUT2D eigenvalue weighted by Crippen LogP contribution is -2.78. The number of piperidine rings is 1. The van der Waals surface area contributed by atoms with Crippen molar-refractivity contribution in [3.63, 3.8) is 0 Å². The number of esters is 3. The molecule has 2 saturated heterocycles. The van der Waals surface area contributed by atoms with E-state index in [2.05, 4.69) is 33.8 Å². The number of hydrogen-bond acceptors (Lipinski definition) is 11. The van der Waals surface area contributed by atoms with Gasteiger partial charge in [-0.2, -0.15) is 0 Å². The van der Waals surface area contributed by atoms with Crippen LogP contribution in [-0.4, -0.2) is 127 Å². The molecule has 5 aliphatic heterocycles. The minimum Gasteiger partial charge on any atom is -0.468 e. The molecule has 2 bridgehead atoms. The Bertz CT molecular complexity index is 2080. The van der Waals surface area contributed by atoms with Gasteiger partial charge in [0.15, 0.2) is 6.10 Å². The van der Waals surface area contributed by atoms with Crippen LogP contribution in [0.4, 0.5) is 5.69 Å². The van der Waals surface area contributed by atoms with Crippen molar-refractivity contribution in [3.8, 4) is 0 Å². The predicted molar refractivity (Wildman–Crippen MR) is 200 cm³/mol. The molecular weight excluding hydrogens is 688 g/mol. The smallest absolute Gasteiger partial charge is 0.344 e. The van der Waals surface area contributed by atoms with Gasteiger partial charge in [-0.15, -0.1) is 0 Å². The van der Waals surface area contributed by atoms with Gasteiger partial charge in [-0.05, 0) is 54.1 Å².